The molecule has 1 heteroatoms. The van der Waals surface area contributed by atoms with Crippen molar-refractivity contribution in [2.75, 3.05) is 0 Å². The smallest absolute Gasteiger partial charge is 0.0244 e. The van der Waals surface area contributed by atoms with Crippen molar-refractivity contribution in [2.24, 2.45) is 11.8 Å². The average molecular weight is 110 g/mol. The maximum absolute atomic E-state index is 7.52. The van der Waals surface area contributed by atoms with Crippen LogP contribution in [0.1, 0.15) is 25.7 Å². The quantitative estimate of drug-likeness (QED) is 0.451. The highest BCUT2D eigenvalue weighted by Crippen LogP contribution is 2.43. The zero-order valence-electron chi connectivity index (χ0n) is 5.06. The second kappa shape index (κ2) is 1.47. The highest BCUT2D eigenvalue weighted by atomic mass is 14.7. The first-order valence-corrected chi connectivity index (χ1v) is 3.57. The Morgan fingerprint density at radius 1 is 1.12 bits per heavy atom. The van der Waals surface area contributed by atoms with E-state index in [9.17, 15) is 0 Å². The lowest BCUT2D eigenvalue weighted by atomic mass is 9.96. The van der Waals surface area contributed by atoms with E-state index in [2.05, 4.69) is 0 Å². The van der Waals surface area contributed by atoms with E-state index < -0.39 is 0 Å². The van der Waals surface area contributed by atoms with Gasteiger partial charge in [0.1, 0.15) is 0 Å². The largest absolute Gasteiger partial charge is 0.254 e. The van der Waals surface area contributed by atoms with Gasteiger partial charge in [0.2, 0.25) is 0 Å². The predicted octanol–water partition coefficient (Wildman–Crippen LogP) is 1.46. The predicted molar refractivity (Wildman–Crippen MR) is 32.3 cm³/mol. The molecule has 0 aromatic heterocycles. The summed E-state index contributed by atoms with van der Waals surface area (Å²) < 4.78 is 0. The highest BCUT2D eigenvalue weighted by Gasteiger charge is 2.37. The molecule has 3 atom stereocenters. The summed E-state index contributed by atoms with van der Waals surface area (Å²) in [5.74, 6) is 1.77. The lowest BCUT2D eigenvalue weighted by molar-refractivity contribution is 0.409. The maximum Gasteiger partial charge on any atom is 0.0244 e. The summed E-state index contributed by atoms with van der Waals surface area (Å²) in [4.78, 5) is 0. The van der Waals surface area contributed by atoms with Gasteiger partial charge >= 0.3 is 0 Å². The SMILES string of the molecule is [NH][C@@H]1CC2CC[C@H]1C2. The first-order valence-electron chi connectivity index (χ1n) is 3.57. The third kappa shape index (κ3) is 0.510. The van der Waals surface area contributed by atoms with Gasteiger partial charge < -0.3 is 0 Å². The summed E-state index contributed by atoms with van der Waals surface area (Å²) in [7, 11) is 0. The Bertz CT molecular complexity index is 98.6. The summed E-state index contributed by atoms with van der Waals surface area (Å²) in [6, 6.07) is 0.328. The normalized spacial score (nSPS) is 52.9. The monoisotopic (exact) mass is 110 g/mol. The standard InChI is InChI=1S/C7H12N/c8-7-4-5-1-2-6(7)3-5/h5-8H,1-4H2/t5?,6-,7+/m0/s1. The number of fused-ring (bicyclic) bond motifs is 2. The van der Waals surface area contributed by atoms with E-state index in [0.717, 1.165) is 11.8 Å². The molecular weight excluding hydrogens is 98.1 g/mol. The van der Waals surface area contributed by atoms with Crippen molar-refractivity contribution < 1.29 is 0 Å². The fraction of sp³-hybridized carbons (Fsp3) is 1.00. The van der Waals surface area contributed by atoms with Crippen LogP contribution in [-0.2, 0) is 0 Å². The van der Waals surface area contributed by atoms with Gasteiger partial charge in [-0.25, -0.2) is 0 Å². The van der Waals surface area contributed by atoms with Gasteiger partial charge in [0.15, 0.2) is 0 Å². The van der Waals surface area contributed by atoms with Gasteiger partial charge in [0, 0.05) is 6.04 Å². The molecule has 2 aliphatic rings. The van der Waals surface area contributed by atoms with Gasteiger partial charge in [0.05, 0.1) is 0 Å². The van der Waals surface area contributed by atoms with Crippen LogP contribution in [-0.4, -0.2) is 6.04 Å². The summed E-state index contributed by atoms with van der Waals surface area (Å²) in [5.41, 5.74) is 7.52. The molecule has 2 saturated carbocycles. The van der Waals surface area contributed by atoms with Crippen LogP contribution in [0.2, 0.25) is 0 Å². The van der Waals surface area contributed by atoms with Crippen LogP contribution in [0.4, 0.5) is 0 Å². The van der Waals surface area contributed by atoms with E-state index in [0.29, 0.717) is 6.04 Å². The van der Waals surface area contributed by atoms with Gasteiger partial charge in [-0.3, -0.25) is 5.73 Å². The fourth-order valence-electron chi connectivity index (χ4n) is 2.24. The van der Waals surface area contributed by atoms with Crippen molar-refractivity contribution in [3.63, 3.8) is 0 Å². The van der Waals surface area contributed by atoms with Crippen molar-refractivity contribution in [2.45, 2.75) is 31.7 Å². The molecule has 8 heavy (non-hydrogen) atoms. The van der Waals surface area contributed by atoms with E-state index in [1.54, 1.807) is 0 Å². The second-order valence-electron chi connectivity index (χ2n) is 3.28. The molecule has 1 radical (unpaired) electrons. The zero-order valence-corrected chi connectivity index (χ0v) is 5.06. The molecule has 2 rings (SSSR count). The molecule has 1 N–H and O–H groups in total. The van der Waals surface area contributed by atoms with Crippen LogP contribution in [0.3, 0.4) is 0 Å². The number of hydrogen-bond acceptors (Lipinski definition) is 0. The maximum atomic E-state index is 7.52. The molecule has 45 valence electrons. The molecule has 0 amide bonds. The molecule has 0 aliphatic heterocycles. The Morgan fingerprint density at radius 2 is 2.00 bits per heavy atom. The van der Waals surface area contributed by atoms with Crippen molar-refractivity contribution in [3.05, 3.63) is 0 Å². The Morgan fingerprint density at radius 3 is 2.25 bits per heavy atom. The van der Waals surface area contributed by atoms with Crippen molar-refractivity contribution in [1.82, 2.24) is 5.73 Å². The lowest BCUT2D eigenvalue weighted by Gasteiger charge is -2.14. The molecule has 0 aromatic carbocycles. The van der Waals surface area contributed by atoms with Crippen LogP contribution in [0.15, 0.2) is 0 Å². The summed E-state index contributed by atoms with van der Waals surface area (Å²) in [5, 5.41) is 0. The van der Waals surface area contributed by atoms with E-state index in [1.165, 1.54) is 25.7 Å². The Balaban J connectivity index is 2.11. The Kier molecular flexibility index (Phi) is 0.884. The first-order chi connectivity index (χ1) is 3.86. The second-order valence-corrected chi connectivity index (χ2v) is 3.28. The molecule has 2 fully saturated rings. The molecule has 2 aliphatic carbocycles. The van der Waals surface area contributed by atoms with Gasteiger partial charge in [0.25, 0.3) is 0 Å². The minimum Gasteiger partial charge on any atom is -0.254 e. The van der Waals surface area contributed by atoms with Crippen LogP contribution in [0, 0.1) is 11.8 Å². The van der Waals surface area contributed by atoms with Gasteiger partial charge in [-0.2, -0.15) is 0 Å². The molecule has 2 bridgehead atoms. The molecule has 1 unspecified atom stereocenters. The van der Waals surface area contributed by atoms with E-state index in [4.69, 9.17) is 5.73 Å². The van der Waals surface area contributed by atoms with Gasteiger partial charge in [-0.1, -0.05) is 6.42 Å². The molecule has 0 aromatic rings. The summed E-state index contributed by atoms with van der Waals surface area (Å²) in [6.07, 6.45) is 5.39. The van der Waals surface area contributed by atoms with E-state index >= 15 is 0 Å². The van der Waals surface area contributed by atoms with Gasteiger partial charge in [-0.05, 0) is 31.1 Å². The minimum atomic E-state index is 0.328. The van der Waals surface area contributed by atoms with Crippen LogP contribution >= 0.6 is 0 Å². The summed E-state index contributed by atoms with van der Waals surface area (Å²) >= 11 is 0. The fourth-order valence-corrected chi connectivity index (χ4v) is 2.24. The minimum absolute atomic E-state index is 0.328. The van der Waals surface area contributed by atoms with Gasteiger partial charge in [-0.15, -0.1) is 0 Å². The molecular formula is C7H12N. The van der Waals surface area contributed by atoms with Crippen LogP contribution in [0.5, 0.6) is 0 Å². The lowest BCUT2D eigenvalue weighted by Crippen LogP contribution is -2.16. The molecule has 1 nitrogen and oxygen atoms in total. The topological polar surface area (TPSA) is 23.8 Å². The van der Waals surface area contributed by atoms with Crippen LogP contribution in [0.25, 0.3) is 0 Å². The number of hydrogen-bond donors (Lipinski definition) is 0. The highest BCUT2D eigenvalue weighted by molar-refractivity contribution is 4.91. The van der Waals surface area contributed by atoms with E-state index in [-0.39, 0.29) is 0 Å². The third-order valence-corrected chi connectivity index (χ3v) is 2.74. The van der Waals surface area contributed by atoms with E-state index in [1.807, 2.05) is 0 Å². The summed E-state index contributed by atoms with van der Waals surface area (Å²) in [6.45, 7) is 0. The van der Waals surface area contributed by atoms with Crippen molar-refractivity contribution in [3.8, 4) is 0 Å². The average Bonchev–Trinajstić information content (AvgIpc) is 2.23. The first kappa shape index (κ1) is 4.80. The Labute approximate surface area is 50.3 Å². The Hall–Kier alpha value is -0.0400. The number of rotatable bonds is 0. The molecule has 0 spiro atoms. The zero-order chi connectivity index (χ0) is 5.56. The van der Waals surface area contributed by atoms with Crippen molar-refractivity contribution in [1.29, 1.82) is 0 Å². The molecule has 0 heterocycles. The number of nitrogens with one attached hydrogen (secondary N) is 1. The third-order valence-electron chi connectivity index (χ3n) is 2.74. The van der Waals surface area contributed by atoms with Crippen LogP contribution < -0.4 is 5.73 Å². The molecule has 0 saturated heterocycles. The van der Waals surface area contributed by atoms with Crippen molar-refractivity contribution >= 4 is 0 Å².